The second kappa shape index (κ2) is 4.77. The second-order valence-electron chi connectivity index (χ2n) is 4.53. The Hall–Kier alpha value is -2.69. The largest absolute Gasteiger partial charge is 0.478 e. The number of aromatic carboxylic acids is 1. The fraction of sp³-hybridized carbons (Fsp3) is 0.133. The molecule has 0 amide bonds. The molecule has 3 aromatic rings. The van der Waals surface area contributed by atoms with Gasteiger partial charge in [0.15, 0.2) is 0 Å². The van der Waals surface area contributed by atoms with E-state index in [0.717, 1.165) is 12.1 Å². The van der Waals surface area contributed by atoms with Crippen molar-refractivity contribution in [1.82, 2.24) is 15.0 Å². The summed E-state index contributed by atoms with van der Waals surface area (Å²) in [7, 11) is 0. The number of nitrogens with zero attached hydrogens (tertiary/aromatic N) is 3. The minimum absolute atomic E-state index is 0.229. The molecule has 0 aliphatic rings. The van der Waals surface area contributed by atoms with E-state index < -0.39 is 5.97 Å². The summed E-state index contributed by atoms with van der Waals surface area (Å²) in [5, 5.41) is 17.3. The number of aryl methyl sites for hydroxylation is 1. The Kier molecular flexibility index (Phi) is 2.95. The van der Waals surface area contributed by atoms with Crippen LogP contribution in [0.2, 0.25) is 0 Å². The molecule has 5 heteroatoms. The van der Waals surface area contributed by atoms with Gasteiger partial charge in [-0.1, -0.05) is 24.3 Å². The van der Waals surface area contributed by atoms with Crippen LogP contribution >= 0.6 is 0 Å². The first-order valence-corrected chi connectivity index (χ1v) is 6.37. The van der Waals surface area contributed by atoms with Gasteiger partial charge in [-0.3, -0.25) is 0 Å². The zero-order valence-electron chi connectivity index (χ0n) is 10.9. The number of hydrogen-bond donors (Lipinski definition) is 1. The van der Waals surface area contributed by atoms with Gasteiger partial charge in [-0.05, 0) is 42.3 Å². The van der Waals surface area contributed by atoms with E-state index in [-0.39, 0.29) is 5.56 Å². The Balaban J connectivity index is 2.20. The highest BCUT2D eigenvalue weighted by atomic mass is 16.4. The van der Waals surface area contributed by atoms with Gasteiger partial charge in [0.25, 0.3) is 0 Å². The minimum atomic E-state index is -0.957. The average molecular weight is 267 g/mol. The van der Waals surface area contributed by atoms with E-state index in [2.05, 4.69) is 17.2 Å². The van der Waals surface area contributed by atoms with Crippen LogP contribution in [0.3, 0.4) is 0 Å². The predicted molar refractivity (Wildman–Crippen MR) is 75.2 cm³/mol. The molecule has 1 heterocycles. The van der Waals surface area contributed by atoms with Crippen LogP contribution in [0.1, 0.15) is 22.8 Å². The summed E-state index contributed by atoms with van der Waals surface area (Å²) in [6, 6.07) is 12.8. The van der Waals surface area contributed by atoms with Crippen molar-refractivity contribution < 1.29 is 9.90 Å². The maximum atomic E-state index is 11.1. The summed E-state index contributed by atoms with van der Waals surface area (Å²) in [6.07, 6.45) is 0.931. The number of aromatic nitrogens is 3. The molecule has 3 rings (SSSR count). The molecule has 1 N–H and O–H groups in total. The maximum absolute atomic E-state index is 11.1. The fourth-order valence-corrected chi connectivity index (χ4v) is 2.15. The molecule has 0 radical (unpaired) electrons. The molecule has 0 atom stereocenters. The predicted octanol–water partition coefficient (Wildman–Crippen LogP) is 2.68. The molecular formula is C15H13N3O2. The van der Waals surface area contributed by atoms with Crippen molar-refractivity contribution >= 4 is 17.0 Å². The van der Waals surface area contributed by atoms with Crippen molar-refractivity contribution in [3.63, 3.8) is 0 Å². The average Bonchev–Trinajstić information content (AvgIpc) is 2.90. The number of rotatable bonds is 3. The highest BCUT2D eigenvalue weighted by molar-refractivity contribution is 5.92. The molecule has 1 aromatic heterocycles. The number of benzene rings is 2. The Morgan fingerprint density at radius 2 is 2.10 bits per heavy atom. The minimum Gasteiger partial charge on any atom is -0.478 e. The SMILES string of the molecule is CCc1cccc(-n2nnc3ccc(C(=O)O)cc32)c1. The zero-order valence-corrected chi connectivity index (χ0v) is 10.9. The lowest BCUT2D eigenvalue weighted by Gasteiger charge is -2.04. The van der Waals surface area contributed by atoms with Gasteiger partial charge in [0.1, 0.15) is 5.52 Å². The van der Waals surface area contributed by atoms with Gasteiger partial charge in [-0.2, -0.15) is 0 Å². The third-order valence-electron chi connectivity index (χ3n) is 3.26. The Bertz CT molecular complexity index is 793. The van der Waals surface area contributed by atoms with Crippen molar-refractivity contribution in [1.29, 1.82) is 0 Å². The topological polar surface area (TPSA) is 68.0 Å². The first kappa shape index (κ1) is 12.3. The van der Waals surface area contributed by atoms with Crippen LogP contribution in [0.25, 0.3) is 16.7 Å². The summed E-state index contributed by atoms with van der Waals surface area (Å²) in [5.41, 5.74) is 3.68. The van der Waals surface area contributed by atoms with Crippen LogP contribution in [-0.2, 0) is 6.42 Å². The lowest BCUT2D eigenvalue weighted by molar-refractivity contribution is 0.0697. The molecule has 0 aliphatic heterocycles. The van der Waals surface area contributed by atoms with Crippen LogP contribution in [-0.4, -0.2) is 26.1 Å². The van der Waals surface area contributed by atoms with Crippen LogP contribution in [0.15, 0.2) is 42.5 Å². The zero-order chi connectivity index (χ0) is 14.1. The molecule has 0 saturated heterocycles. The second-order valence-corrected chi connectivity index (χ2v) is 4.53. The van der Waals surface area contributed by atoms with Crippen LogP contribution in [0.5, 0.6) is 0 Å². The van der Waals surface area contributed by atoms with Crippen molar-refractivity contribution in [2.45, 2.75) is 13.3 Å². The summed E-state index contributed by atoms with van der Waals surface area (Å²) >= 11 is 0. The molecule has 0 bridgehead atoms. The molecule has 0 saturated carbocycles. The molecule has 5 nitrogen and oxygen atoms in total. The van der Waals surface area contributed by atoms with E-state index in [1.807, 2.05) is 24.3 Å². The molecule has 0 fully saturated rings. The Morgan fingerprint density at radius 3 is 2.85 bits per heavy atom. The highest BCUT2D eigenvalue weighted by Crippen LogP contribution is 2.19. The number of fused-ring (bicyclic) bond motifs is 1. The van der Waals surface area contributed by atoms with Gasteiger partial charge in [-0.15, -0.1) is 5.10 Å². The number of carboxylic acids is 1. The highest BCUT2D eigenvalue weighted by Gasteiger charge is 2.10. The first-order valence-electron chi connectivity index (χ1n) is 6.37. The third-order valence-corrected chi connectivity index (χ3v) is 3.26. The van der Waals surface area contributed by atoms with Gasteiger partial charge in [0, 0.05) is 0 Å². The molecular weight excluding hydrogens is 254 g/mol. The fourth-order valence-electron chi connectivity index (χ4n) is 2.15. The first-order chi connectivity index (χ1) is 9.69. The lowest BCUT2D eigenvalue weighted by atomic mass is 10.1. The van der Waals surface area contributed by atoms with Gasteiger partial charge >= 0.3 is 5.97 Å². The summed E-state index contributed by atoms with van der Waals surface area (Å²) in [5.74, 6) is -0.957. The van der Waals surface area contributed by atoms with Gasteiger partial charge in [-0.25, -0.2) is 9.48 Å². The Labute approximate surface area is 115 Å². The summed E-state index contributed by atoms with van der Waals surface area (Å²) in [4.78, 5) is 11.1. The number of carboxylic acid groups (broad SMARTS) is 1. The van der Waals surface area contributed by atoms with E-state index in [4.69, 9.17) is 5.11 Å². The number of carbonyl (C=O) groups is 1. The number of hydrogen-bond acceptors (Lipinski definition) is 3. The van der Waals surface area contributed by atoms with Crippen molar-refractivity contribution in [2.24, 2.45) is 0 Å². The van der Waals surface area contributed by atoms with Crippen LogP contribution in [0.4, 0.5) is 0 Å². The van der Waals surface area contributed by atoms with Crippen molar-refractivity contribution in [3.05, 3.63) is 53.6 Å². The Morgan fingerprint density at radius 1 is 1.25 bits per heavy atom. The van der Waals surface area contributed by atoms with Crippen molar-refractivity contribution in [2.75, 3.05) is 0 Å². The molecule has 0 unspecified atom stereocenters. The smallest absolute Gasteiger partial charge is 0.335 e. The molecule has 2 aromatic carbocycles. The molecule has 100 valence electrons. The molecule has 0 aliphatic carbocycles. The lowest BCUT2D eigenvalue weighted by Crippen LogP contribution is -1.99. The summed E-state index contributed by atoms with van der Waals surface area (Å²) < 4.78 is 1.67. The third kappa shape index (κ3) is 2.03. The standard InChI is InChI=1S/C15H13N3O2/c1-2-10-4-3-5-12(8-10)18-14-9-11(15(19)20)6-7-13(14)16-17-18/h3-9H,2H2,1H3,(H,19,20). The van der Waals surface area contributed by atoms with E-state index >= 15 is 0 Å². The molecule has 20 heavy (non-hydrogen) atoms. The van der Waals surface area contributed by atoms with Gasteiger partial charge < -0.3 is 5.11 Å². The normalized spacial score (nSPS) is 10.8. The quantitative estimate of drug-likeness (QED) is 0.792. The van der Waals surface area contributed by atoms with Crippen LogP contribution < -0.4 is 0 Å². The van der Waals surface area contributed by atoms with E-state index in [1.165, 1.54) is 11.6 Å². The van der Waals surface area contributed by atoms with E-state index in [0.29, 0.717) is 11.0 Å². The van der Waals surface area contributed by atoms with Gasteiger partial charge in [0.05, 0.1) is 16.8 Å². The van der Waals surface area contributed by atoms with E-state index in [1.54, 1.807) is 16.8 Å². The van der Waals surface area contributed by atoms with Gasteiger partial charge in [0.2, 0.25) is 0 Å². The maximum Gasteiger partial charge on any atom is 0.335 e. The monoisotopic (exact) mass is 267 g/mol. The molecule has 0 spiro atoms. The van der Waals surface area contributed by atoms with Crippen LogP contribution in [0, 0.1) is 0 Å². The van der Waals surface area contributed by atoms with Crippen molar-refractivity contribution in [3.8, 4) is 5.69 Å². The van der Waals surface area contributed by atoms with E-state index in [9.17, 15) is 4.79 Å². The summed E-state index contributed by atoms with van der Waals surface area (Å²) in [6.45, 7) is 2.08.